The zero-order valence-electron chi connectivity index (χ0n) is 18.5. The molecule has 0 atom stereocenters. The molecule has 30 heavy (non-hydrogen) atoms. The molecular weight excluding hydrogens is 385 g/mol. The minimum absolute atomic E-state index is 0.132. The molecule has 1 fully saturated rings. The van der Waals surface area contributed by atoms with Gasteiger partial charge in [0.05, 0.1) is 18.9 Å². The molecule has 1 aliphatic heterocycles. The molecule has 0 spiro atoms. The lowest BCUT2D eigenvalue weighted by atomic mass is 10.2. The van der Waals surface area contributed by atoms with Crippen LogP contribution in [-0.2, 0) is 9.47 Å². The van der Waals surface area contributed by atoms with E-state index in [2.05, 4.69) is 32.3 Å². The average molecular weight is 424 g/mol. The molecule has 0 unspecified atom stereocenters. The zero-order valence-corrected chi connectivity index (χ0v) is 18.5. The van der Waals surface area contributed by atoms with Crippen molar-refractivity contribution >= 4 is 11.6 Å². The van der Waals surface area contributed by atoms with Crippen LogP contribution in [0.5, 0.6) is 0 Å². The molecule has 2 N–H and O–H groups in total. The van der Waals surface area contributed by atoms with Gasteiger partial charge in [-0.3, -0.25) is 9.89 Å². The third-order valence-electron chi connectivity index (χ3n) is 5.00. The van der Waals surface area contributed by atoms with E-state index in [1.54, 1.807) is 13.2 Å². The number of hydrogen-bond donors (Lipinski definition) is 2. The Morgan fingerprint density at radius 2 is 1.87 bits per heavy atom. The van der Waals surface area contributed by atoms with E-state index >= 15 is 0 Å². The molecule has 1 heterocycles. The number of para-hydroxylation sites is 1. The van der Waals surface area contributed by atoms with E-state index in [-0.39, 0.29) is 5.82 Å². The highest BCUT2D eigenvalue weighted by Gasteiger charge is 2.18. The van der Waals surface area contributed by atoms with E-state index in [1.165, 1.54) is 6.07 Å². The van der Waals surface area contributed by atoms with Crippen LogP contribution >= 0.6 is 0 Å². The number of ether oxygens (including phenoxy) is 2. The Bertz CT molecular complexity index is 609. The summed E-state index contributed by atoms with van der Waals surface area (Å²) in [5, 5.41) is 6.69. The summed E-state index contributed by atoms with van der Waals surface area (Å²) in [5.74, 6) is 0.727. The molecular formula is C22H38FN5O2. The molecule has 0 radical (unpaired) electrons. The molecule has 0 aromatic heterocycles. The lowest BCUT2D eigenvalue weighted by Crippen LogP contribution is -2.47. The SMILES string of the molecule is CCNC(=NCCCOCCOC)NCCCN1CCN(c2ccccc2F)CC1. The van der Waals surface area contributed by atoms with Gasteiger partial charge in [-0.05, 0) is 38.4 Å². The van der Waals surface area contributed by atoms with Crippen molar-refractivity contribution in [2.24, 2.45) is 4.99 Å². The molecule has 0 amide bonds. The normalized spacial score (nSPS) is 15.4. The standard InChI is InChI=1S/C22H38FN5O2/c1-3-24-22(26-11-7-17-30-19-18-29-2)25-10-6-12-27-13-15-28(16-14-27)21-9-5-4-8-20(21)23/h4-5,8-9H,3,6-7,10-19H2,1-2H3,(H2,24,25,26). The second-order valence-corrected chi connectivity index (χ2v) is 7.28. The quantitative estimate of drug-likeness (QED) is 0.287. The van der Waals surface area contributed by atoms with Gasteiger partial charge in [0.25, 0.3) is 0 Å². The molecule has 1 aliphatic rings. The summed E-state index contributed by atoms with van der Waals surface area (Å²) in [7, 11) is 1.67. The van der Waals surface area contributed by atoms with Crippen LogP contribution in [-0.4, -0.2) is 90.1 Å². The van der Waals surface area contributed by atoms with Crippen LogP contribution in [0.25, 0.3) is 0 Å². The Labute approximate surface area is 180 Å². The third kappa shape index (κ3) is 9.28. The van der Waals surface area contributed by atoms with Gasteiger partial charge >= 0.3 is 0 Å². The monoisotopic (exact) mass is 423 g/mol. The van der Waals surface area contributed by atoms with E-state index in [4.69, 9.17) is 9.47 Å². The fraction of sp³-hybridized carbons (Fsp3) is 0.682. The van der Waals surface area contributed by atoms with Gasteiger partial charge in [0.2, 0.25) is 0 Å². The maximum Gasteiger partial charge on any atom is 0.191 e. The number of methoxy groups -OCH3 is 1. The number of piperazine rings is 1. The Hall–Kier alpha value is -1.90. The lowest BCUT2D eigenvalue weighted by molar-refractivity contribution is 0.0702. The summed E-state index contributed by atoms with van der Waals surface area (Å²) in [6.45, 7) is 11.2. The number of rotatable bonds is 13. The lowest BCUT2D eigenvalue weighted by Gasteiger charge is -2.36. The molecule has 1 aromatic carbocycles. The van der Waals surface area contributed by atoms with Crippen molar-refractivity contribution in [3.63, 3.8) is 0 Å². The Morgan fingerprint density at radius 3 is 2.60 bits per heavy atom. The second kappa shape index (κ2) is 15.0. The summed E-state index contributed by atoms with van der Waals surface area (Å²) < 4.78 is 24.4. The van der Waals surface area contributed by atoms with E-state index in [0.29, 0.717) is 19.8 Å². The largest absolute Gasteiger partial charge is 0.382 e. The highest BCUT2D eigenvalue weighted by molar-refractivity contribution is 5.79. The van der Waals surface area contributed by atoms with Gasteiger partial charge in [0.1, 0.15) is 5.82 Å². The van der Waals surface area contributed by atoms with Crippen molar-refractivity contribution in [1.29, 1.82) is 0 Å². The number of benzene rings is 1. The molecule has 1 aromatic rings. The first-order valence-electron chi connectivity index (χ1n) is 11.0. The van der Waals surface area contributed by atoms with Crippen LogP contribution in [0.2, 0.25) is 0 Å². The predicted molar refractivity (Wildman–Crippen MR) is 121 cm³/mol. The second-order valence-electron chi connectivity index (χ2n) is 7.28. The van der Waals surface area contributed by atoms with Gasteiger partial charge in [-0.1, -0.05) is 12.1 Å². The van der Waals surface area contributed by atoms with E-state index in [1.807, 2.05) is 12.1 Å². The van der Waals surface area contributed by atoms with Crippen LogP contribution in [0.15, 0.2) is 29.3 Å². The van der Waals surface area contributed by atoms with Gasteiger partial charge in [-0.25, -0.2) is 4.39 Å². The molecule has 1 saturated heterocycles. The van der Waals surface area contributed by atoms with E-state index < -0.39 is 0 Å². The van der Waals surface area contributed by atoms with Gasteiger partial charge in [-0.15, -0.1) is 0 Å². The molecule has 8 heteroatoms. The summed E-state index contributed by atoms with van der Waals surface area (Å²) in [5.41, 5.74) is 0.717. The van der Waals surface area contributed by atoms with Crippen LogP contribution in [0.1, 0.15) is 19.8 Å². The maximum absolute atomic E-state index is 13.9. The molecule has 2 rings (SSSR count). The number of anilines is 1. The Kier molecular flexibility index (Phi) is 12.2. The van der Waals surface area contributed by atoms with Crippen molar-refractivity contribution in [3.05, 3.63) is 30.1 Å². The fourth-order valence-electron chi connectivity index (χ4n) is 3.37. The first-order chi connectivity index (χ1) is 14.7. The van der Waals surface area contributed by atoms with E-state index in [0.717, 1.165) is 76.8 Å². The predicted octanol–water partition coefficient (Wildman–Crippen LogP) is 1.95. The molecule has 170 valence electrons. The number of nitrogens with one attached hydrogen (secondary N) is 2. The highest BCUT2D eigenvalue weighted by Crippen LogP contribution is 2.20. The number of aliphatic imine (C=N–C) groups is 1. The summed E-state index contributed by atoms with van der Waals surface area (Å²) in [4.78, 5) is 9.18. The molecule has 0 aliphatic carbocycles. The number of hydrogen-bond acceptors (Lipinski definition) is 5. The van der Waals surface area contributed by atoms with Gasteiger partial charge in [0, 0.05) is 59.5 Å². The van der Waals surface area contributed by atoms with Gasteiger partial charge in [-0.2, -0.15) is 0 Å². The molecule has 0 saturated carbocycles. The van der Waals surface area contributed by atoms with Crippen molar-refractivity contribution < 1.29 is 13.9 Å². The first kappa shape index (κ1) is 24.4. The highest BCUT2D eigenvalue weighted by atomic mass is 19.1. The van der Waals surface area contributed by atoms with Crippen LogP contribution < -0.4 is 15.5 Å². The minimum atomic E-state index is -0.132. The van der Waals surface area contributed by atoms with Gasteiger partial charge in [0.15, 0.2) is 5.96 Å². The summed E-state index contributed by atoms with van der Waals surface area (Å²) in [6, 6.07) is 7.03. The van der Waals surface area contributed by atoms with Crippen molar-refractivity contribution in [2.75, 3.05) is 84.2 Å². The van der Waals surface area contributed by atoms with Crippen molar-refractivity contribution in [2.45, 2.75) is 19.8 Å². The molecule has 7 nitrogen and oxygen atoms in total. The first-order valence-corrected chi connectivity index (χ1v) is 11.0. The number of nitrogens with zero attached hydrogens (tertiary/aromatic N) is 3. The fourth-order valence-corrected chi connectivity index (χ4v) is 3.37. The average Bonchev–Trinajstić information content (AvgIpc) is 2.77. The molecule has 0 bridgehead atoms. The van der Waals surface area contributed by atoms with Crippen LogP contribution in [0.3, 0.4) is 0 Å². The third-order valence-corrected chi connectivity index (χ3v) is 5.00. The zero-order chi connectivity index (χ0) is 21.4. The van der Waals surface area contributed by atoms with Gasteiger partial charge < -0.3 is 25.0 Å². The Balaban J connectivity index is 1.58. The Morgan fingerprint density at radius 1 is 1.07 bits per heavy atom. The van der Waals surface area contributed by atoms with Crippen LogP contribution in [0.4, 0.5) is 10.1 Å². The minimum Gasteiger partial charge on any atom is -0.382 e. The number of halogens is 1. The van der Waals surface area contributed by atoms with E-state index in [9.17, 15) is 4.39 Å². The van der Waals surface area contributed by atoms with Crippen LogP contribution in [0, 0.1) is 5.82 Å². The van der Waals surface area contributed by atoms with Crippen molar-refractivity contribution in [3.8, 4) is 0 Å². The summed E-state index contributed by atoms with van der Waals surface area (Å²) >= 11 is 0. The topological polar surface area (TPSA) is 61.4 Å². The number of guanidine groups is 1. The summed E-state index contributed by atoms with van der Waals surface area (Å²) in [6.07, 6.45) is 1.94. The van der Waals surface area contributed by atoms with Crippen molar-refractivity contribution in [1.82, 2.24) is 15.5 Å². The maximum atomic E-state index is 13.9. The smallest absolute Gasteiger partial charge is 0.191 e.